The van der Waals surface area contributed by atoms with Crippen molar-refractivity contribution < 1.29 is 10.0 Å². The molecule has 0 atom stereocenters. The number of unbranched alkanes of at least 4 members (excludes halogenated alkanes) is 1. The quantitative estimate of drug-likeness (QED) is 0.180. The van der Waals surface area contributed by atoms with E-state index in [4.69, 9.17) is 10.9 Å². The Morgan fingerprint density at radius 1 is 1.58 bits per heavy atom. The van der Waals surface area contributed by atoms with E-state index in [2.05, 4.69) is 10.5 Å². The molecule has 0 unspecified atom stereocenters. The lowest BCUT2D eigenvalue weighted by molar-refractivity contribution is -0.118. The first kappa shape index (κ1) is 10.7. The normalized spacial score (nSPS) is 11.2. The van der Waals surface area contributed by atoms with Crippen LogP contribution in [-0.4, -0.2) is 23.5 Å². The summed E-state index contributed by atoms with van der Waals surface area (Å²) in [6.07, 6.45) is 2.22. The second kappa shape index (κ2) is 6.45. The van der Waals surface area contributed by atoms with Gasteiger partial charge in [0.05, 0.1) is 0 Å². The second-order valence-corrected chi connectivity index (χ2v) is 2.53. The molecule has 0 saturated carbocycles. The molecule has 0 spiro atoms. The van der Waals surface area contributed by atoms with E-state index < -0.39 is 0 Å². The Morgan fingerprint density at radius 2 is 2.25 bits per heavy atom. The summed E-state index contributed by atoms with van der Waals surface area (Å²) in [6.45, 7) is 2.12. The fourth-order valence-electron chi connectivity index (χ4n) is 0.746. The number of hydrogen-bond acceptors (Lipinski definition) is 3. The molecule has 4 N–H and O–H groups in total. The molecule has 0 aromatic heterocycles. The first-order valence-corrected chi connectivity index (χ1v) is 3.87. The Labute approximate surface area is 71.6 Å². The largest absolute Gasteiger partial charge is 0.409 e. The zero-order valence-corrected chi connectivity index (χ0v) is 7.21. The van der Waals surface area contributed by atoms with Crippen LogP contribution in [0.2, 0.25) is 0 Å². The van der Waals surface area contributed by atoms with Crippen molar-refractivity contribution in [2.75, 3.05) is 6.54 Å². The summed E-state index contributed by atoms with van der Waals surface area (Å²) in [5, 5.41) is 13.7. The molecule has 0 bridgehead atoms. The van der Waals surface area contributed by atoms with E-state index in [0.29, 0.717) is 13.0 Å². The number of rotatable bonds is 5. The van der Waals surface area contributed by atoms with Gasteiger partial charge in [-0.3, -0.25) is 4.79 Å². The highest BCUT2D eigenvalue weighted by Gasteiger charge is 1.94. The van der Waals surface area contributed by atoms with Crippen molar-refractivity contribution in [3.8, 4) is 0 Å². The number of nitrogens with one attached hydrogen (secondary N) is 1. The third kappa shape index (κ3) is 6.85. The molecule has 0 aromatic carbocycles. The van der Waals surface area contributed by atoms with Crippen LogP contribution in [0.25, 0.3) is 0 Å². The van der Waals surface area contributed by atoms with E-state index in [1.165, 1.54) is 6.92 Å². The van der Waals surface area contributed by atoms with E-state index in [0.717, 1.165) is 12.8 Å². The third-order valence-corrected chi connectivity index (χ3v) is 1.36. The molecule has 5 heteroatoms. The number of hydrogen-bond donors (Lipinski definition) is 3. The van der Waals surface area contributed by atoms with Gasteiger partial charge >= 0.3 is 0 Å². The van der Waals surface area contributed by atoms with E-state index in [1.54, 1.807) is 0 Å². The van der Waals surface area contributed by atoms with Gasteiger partial charge < -0.3 is 16.3 Å². The van der Waals surface area contributed by atoms with Crippen molar-refractivity contribution in [1.82, 2.24) is 5.32 Å². The van der Waals surface area contributed by atoms with Crippen LogP contribution < -0.4 is 11.1 Å². The van der Waals surface area contributed by atoms with Gasteiger partial charge in [-0.25, -0.2) is 0 Å². The Hall–Kier alpha value is -1.26. The maximum atomic E-state index is 10.4. The van der Waals surface area contributed by atoms with E-state index in [1.807, 2.05) is 0 Å². The van der Waals surface area contributed by atoms with Crippen LogP contribution in [0.1, 0.15) is 26.2 Å². The highest BCUT2D eigenvalue weighted by Crippen LogP contribution is 1.93. The van der Waals surface area contributed by atoms with Gasteiger partial charge in [0.1, 0.15) is 5.84 Å². The first-order chi connectivity index (χ1) is 5.66. The van der Waals surface area contributed by atoms with Crippen molar-refractivity contribution in [1.29, 1.82) is 0 Å². The highest BCUT2D eigenvalue weighted by molar-refractivity contribution is 5.79. The van der Waals surface area contributed by atoms with Crippen LogP contribution in [-0.2, 0) is 4.79 Å². The summed E-state index contributed by atoms with van der Waals surface area (Å²) in [6, 6.07) is 0. The Balaban J connectivity index is 3.16. The number of amidine groups is 1. The number of nitrogens with two attached hydrogens (primary N) is 1. The highest BCUT2D eigenvalue weighted by atomic mass is 16.4. The number of oxime groups is 1. The Kier molecular flexibility index (Phi) is 5.77. The van der Waals surface area contributed by atoms with Crippen molar-refractivity contribution in [2.45, 2.75) is 26.2 Å². The van der Waals surface area contributed by atoms with Gasteiger partial charge in [-0.05, 0) is 12.8 Å². The van der Waals surface area contributed by atoms with Crippen LogP contribution in [0.5, 0.6) is 0 Å². The van der Waals surface area contributed by atoms with Crippen LogP contribution in [0.15, 0.2) is 5.16 Å². The average Bonchev–Trinajstić information content (AvgIpc) is 2.03. The lowest BCUT2D eigenvalue weighted by Crippen LogP contribution is -2.21. The van der Waals surface area contributed by atoms with E-state index in [9.17, 15) is 4.79 Å². The van der Waals surface area contributed by atoms with Crippen molar-refractivity contribution in [3.05, 3.63) is 0 Å². The number of carbonyl (C=O) groups excluding carboxylic acids is 1. The fraction of sp³-hybridized carbons (Fsp3) is 0.714. The molecular weight excluding hydrogens is 158 g/mol. The van der Waals surface area contributed by atoms with Crippen LogP contribution in [0.3, 0.4) is 0 Å². The van der Waals surface area contributed by atoms with Gasteiger partial charge in [0.15, 0.2) is 0 Å². The molecule has 0 fully saturated rings. The lowest BCUT2D eigenvalue weighted by Gasteiger charge is -2.00. The minimum Gasteiger partial charge on any atom is -0.409 e. The van der Waals surface area contributed by atoms with Crippen LogP contribution in [0.4, 0.5) is 0 Å². The molecule has 70 valence electrons. The summed E-state index contributed by atoms with van der Waals surface area (Å²) in [5.74, 6) is 0.205. The van der Waals surface area contributed by atoms with Gasteiger partial charge in [0, 0.05) is 19.9 Å². The van der Waals surface area contributed by atoms with Crippen molar-refractivity contribution >= 4 is 11.7 Å². The van der Waals surface area contributed by atoms with Crippen molar-refractivity contribution in [3.63, 3.8) is 0 Å². The molecule has 0 radical (unpaired) electrons. The zero-order chi connectivity index (χ0) is 9.40. The third-order valence-electron chi connectivity index (χ3n) is 1.36. The predicted octanol–water partition coefficient (Wildman–Crippen LogP) is 0.0392. The Bertz CT molecular complexity index is 168. The molecule has 1 amide bonds. The van der Waals surface area contributed by atoms with Crippen LogP contribution >= 0.6 is 0 Å². The van der Waals surface area contributed by atoms with E-state index in [-0.39, 0.29) is 11.7 Å². The summed E-state index contributed by atoms with van der Waals surface area (Å²) >= 11 is 0. The fourth-order valence-corrected chi connectivity index (χ4v) is 0.746. The maximum absolute atomic E-state index is 10.4. The summed E-state index contributed by atoms with van der Waals surface area (Å²) in [5.41, 5.74) is 5.23. The molecule has 12 heavy (non-hydrogen) atoms. The molecule has 0 aliphatic rings. The standard InChI is InChI=1S/C7H15N3O2/c1-6(11)9-5-3-2-4-7(8)10-12/h12H,2-5H2,1H3,(H2,8,10)(H,9,11). The van der Waals surface area contributed by atoms with Crippen LogP contribution in [0, 0.1) is 0 Å². The van der Waals surface area contributed by atoms with E-state index >= 15 is 0 Å². The van der Waals surface area contributed by atoms with Gasteiger partial charge in [-0.2, -0.15) is 0 Å². The minimum absolute atomic E-state index is 0.0289. The SMILES string of the molecule is CC(=O)NCCCCC(N)=NO. The maximum Gasteiger partial charge on any atom is 0.216 e. The average molecular weight is 173 g/mol. The lowest BCUT2D eigenvalue weighted by atomic mass is 10.2. The predicted molar refractivity (Wildman–Crippen MR) is 45.9 cm³/mol. The first-order valence-electron chi connectivity index (χ1n) is 3.87. The van der Waals surface area contributed by atoms with Gasteiger partial charge in [0.25, 0.3) is 0 Å². The van der Waals surface area contributed by atoms with Crippen molar-refractivity contribution in [2.24, 2.45) is 10.9 Å². The number of carbonyl (C=O) groups is 1. The molecule has 0 aliphatic carbocycles. The topological polar surface area (TPSA) is 87.7 Å². The molecule has 0 saturated heterocycles. The molecule has 0 aromatic rings. The summed E-state index contributed by atoms with van der Waals surface area (Å²) in [7, 11) is 0. The summed E-state index contributed by atoms with van der Waals surface area (Å²) < 4.78 is 0. The monoisotopic (exact) mass is 173 g/mol. The van der Waals surface area contributed by atoms with Gasteiger partial charge in [-0.1, -0.05) is 5.16 Å². The minimum atomic E-state index is -0.0289. The Morgan fingerprint density at radius 3 is 2.75 bits per heavy atom. The van der Waals surface area contributed by atoms with Gasteiger partial charge in [0.2, 0.25) is 5.91 Å². The zero-order valence-electron chi connectivity index (χ0n) is 7.21. The van der Waals surface area contributed by atoms with Gasteiger partial charge in [-0.15, -0.1) is 0 Å². The summed E-state index contributed by atoms with van der Waals surface area (Å²) in [4.78, 5) is 10.4. The molecular formula is C7H15N3O2. The molecule has 0 heterocycles. The molecule has 5 nitrogen and oxygen atoms in total. The number of nitrogens with zero attached hydrogens (tertiary/aromatic N) is 1. The second-order valence-electron chi connectivity index (χ2n) is 2.53. The molecule has 0 aliphatic heterocycles. The smallest absolute Gasteiger partial charge is 0.216 e. The number of amides is 1. The molecule has 0 rings (SSSR count).